The molecule has 0 unspecified atom stereocenters. The molecule has 0 aliphatic heterocycles. The van der Waals surface area contributed by atoms with Crippen LogP contribution in [-0.4, -0.2) is 35.9 Å². The summed E-state index contributed by atoms with van der Waals surface area (Å²) in [6.07, 6.45) is 0.946. The maximum absolute atomic E-state index is 11.5. The molecule has 0 bridgehead atoms. The van der Waals surface area contributed by atoms with Gasteiger partial charge >= 0.3 is 0 Å². The molecular weight excluding hydrogens is 230 g/mol. The summed E-state index contributed by atoms with van der Waals surface area (Å²) >= 11 is 0. The summed E-state index contributed by atoms with van der Waals surface area (Å²) in [5.41, 5.74) is 3.37. The second-order valence-corrected chi connectivity index (χ2v) is 4.18. The third-order valence-electron chi connectivity index (χ3n) is 2.37. The van der Waals surface area contributed by atoms with Crippen LogP contribution in [0.5, 0.6) is 0 Å². The van der Waals surface area contributed by atoms with Crippen LogP contribution in [0.4, 0.5) is 5.82 Å². The third kappa shape index (κ3) is 5.11. The van der Waals surface area contributed by atoms with Crippen LogP contribution < -0.4 is 16.6 Å². The first-order chi connectivity index (χ1) is 8.65. The molecule has 0 aliphatic carbocycles. The predicted molar refractivity (Wildman–Crippen MR) is 71.7 cm³/mol. The van der Waals surface area contributed by atoms with Crippen molar-refractivity contribution < 1.29 is 4.79 Å². The average Bonchev–Trinajstić information content (AvgIpc) is 2.36. The molecule has 0 spiro atoms. The number of carbonyl (C=O) groups excluding carboxylic acids is 1. The third-order valence-corrected chi connectivity index (χ3v) is 2.37. The molecule has 0 fully saturated rings. The lowest BCUT2D eigenvalue weighted by Crippen LogP contribution is -2.35. The molecule has 1 rings (SSSR count). The van der Waals surface area contributed by atoms with E-state index in [1.165, 1.54) is 0 Å². The summed E-state index contributed by atoms with van der Waals surface area (Å²) in [6.45, 7) is 3.72. The number of hydrogen-bond acceptors (Lipinski definition) is 5. The highest BCUT2D eigenvalue weighted by atomic mass is 16.2. The minimum absolute atomic E-state index is 0.0347. The number of nitrogens with one attached hydrogen (secondary N) is 2. The Bertz CT molecular complexity index is 382. The number of nitrogens with two attached hydrogens (primary N) is 1. The number of pyridine rings is 1. The molecule has 1 heterocycles. The summed E-state index contributed by atoms with van der Waals surface area (Å²) < 4.78 is 0. The van der Waals surface area contributed by atoms with Crippen LogP contribution >= 0.6 is 0 Å². The number of likely N-dealkylation sites (N-methyl/N-ethyl adjacent to an activating group) is 1. The number of amides is 1. The van der Waals surface area contributed by atoms with Gasteiger partial charge in [0.2, 0.25) is 5.91 Å². The second kappa shape index (κ2) is 7.62. The lowest BCUT2D eigenvalue weighted by atomic mass is 10.3. The van der Waals surface area contributed by atoms with Crippen molar-refractivity contribution in [2.75, 3.05) is 25.6 Å². The Balaban J connectivity index is 2.43. The van der Waals surface area contributed by atoms with E-state index in [2.05, 4.69) is 15.7 Å². The molecule has 0 saturated heterocycles. The van der Waals surface area contributed by atoms with Crippen LogP contribution in [0.3, 0.4) is 0 Å². The van der Waals surface area contributed by atoms with Gasteiger partial charge in [-0.25, -0.2) is 10.8 Å². The number of hydrogen-bond donors (Lipinski definition) is 3. The van der Waals surface area contributed by atoms with Crippen molar-refractivity contribution in [3.05, 3.63) is 23.9 Å². The van der Waals surface area contributed by atoms with E-state index >= 15 is 0 Å². The molecule has 100 valence electrons. The molecule has 0 saturated carbocycles. The van der Waals surface area contributed by atoms with Crippen molar-refractivity contribution in [3.8, 4) is 0 Å². The predicted octanol–water partition coefficient (Wildman–Crippen LogP) is 0.325. The van der Waals surface area contributed by atoms with Crippen molar-refractivity contribution in [3.63, 3.8) is 0 Å². The van der Waals surface area contributed by atoms with Gasteiger partial charge in [-0.1, -0.05) is 13.0 Å². The summed E-state index contributed by atoms with van der Waals surface area (Å²) in [7, 11) is 1.88. The normalized spacial score (nSPS) is 10.4. The Kier molecular flexibility index (Phi) is 6.10. The standard InChI is InChI=1S/C12H21N5O/c1-3-7-14-12(18)9-17(2)8-10-5-4-6-11(15-10)16-13/h4-6H,3,7-9,13H2,1-2H3,(H,14,18)(H,15,16). The van der Waals surface area contributed by atoms with Crippen molar-refractivity contribution >= 4 is 11.7 Å². The van der Waals surface area contributed by atoms with Crippen LogP contribution in [0.2, 0.25) is 0 Å². The fraction of sp³-hybridized carbons (Fsp3) is 0.500. The van der Waals surface area contributed by atoms with Gasteiger partial charge in [0.25, 0.3) is 0 Å². The Labute approximate surface area is 108 Å². The lowest BCUT2D eigenvalue weighted by Gasteiger charge is -2.16. The molecule has 0 radical (unpaired) electrons. The van der Waals surface area contributed by atoms with Crippen LogP contribution in [0, 0.1) is 0 Å². The fourth-order valence-electron chi connectivity index (χ4n) is 1.55. The van der Waals surface area contributed by atoms with E-state index in [0.29, 0.717) is 18.9 Å². The first-order valence-electron chi connectivity index (χ1n) is 6.03. The van der Waals surface area contributed by atoms with Gasteiger partial charge in [-0.15, -0.1) is 0 Å². The van der Waals surface area contributed by atoms with Crippen LogP contribution in [0.15, 0.2) is 18.2 Å². The first kappa shape index (κ1) is 14.4. The molecule has 6 nitrogen and oxygen atoms in total. The number of anilines is 1. The van der Waals surface area contributed by atoms with E-state index in [9.17, 15) is 4.79 Å². The van der Waals surface area contributed by atoms with Crippen LogP contribution in [0.1, 0.15) is 19.0 Å². The average molecular weight is 251 g/mol. The molecule has 0 aromatic carbocycles. The van der Waals surface area contributed by atoms with Crippen molar-refractivity contribution in [1.82, 2.24) is 15.2 Å². The minimum atomic E-state index is 0.0347. The molecule has 0 atom stereocenters. The van der Waals surface area contributed by atoms with Gasteiger partial charge in [-0.3, -0.25) is 9.69 Å². The minimum Gasteiger partial charge on any atom is -0.355 e. The summed E-state index contributed by atoms with van der Waals surface area (Å²) in [6, 6.07) is 5.57. The summed E-state index contributed by atoms with van der Waals surface area (Å²) in [5.74, 6) is 5.95. The largest absolute Gasteiger partial charge is 0.355 e. The SMILES string of the molecule is CCCNC(=O)CN(C)Cc1cccc(NN)n1. The second-order valence-electron chi connectivity index (χ2n) is 4.18. The van der Waals surface area contributed by atoms with E-state index in [1.54, 1.807) is 6.07 Å². The summed E-state index contributed by atoms with van der Waals surface area (Å²) in [5, 5.41) is 2.84. The Morgan fingerprint density at radius 1 is 1.50 bits per heavy atom. The van der Waals surface area contributed by atoms with Crippen molar-refractivity contribution in [2.45, 2.75) is 19.9 Å². The number of hydrazine groups is 1. The fourth-order valence-corrected chi connectivity index (χ4v) is 1.55. The van der Waals surface area contributed by atoms with Crippen LogP contribution in [-0.2, 0) is 11.3 Å². The van der Waals surface area contributed by atoms with Crippen molar-refractivity contribution in [2.24, 2.45) is 5.84 Å². The molecule has 0 aliphatic rings. The van der Waals surface area contributed by atoms with E-state index in [-0.39, 0.29) is 5.91 Å². The van der Waals surface area contributed by atoms with E-state index in [1.807, 2.05) is 31.0 Å². The van der Waals surface area contributed by atoms with Gasteiger partial charge in [0.1, 0.15) is 5.82 Å². The highest BCUT2D eigenvalue weighted by molar-refractivity contribution is 5.77. The Morgan fingerprint density at radius 3 is 2.94 bits per heavy atom. The number of carbonyl (C=O) groups is 1. The molecule has 18 heavy (non-hydrogen) atoms. The number of nitrogen functional groups attached to an aromatic ring is 1. The van der Waals surface area contributed by atoms with E-state index < -0.39 is 0 Å². The molecule has 1 aromatic heterocycles. The maximum Gasteiger partial charge on any atom is 0.234 e. The highest BCUT2D eigenvalue weighted by Gasteiger charge is 2.07. The monoisotopic (exact) mass is 251 g/mol. The van der Waals surface area contributed by atoms with Crippen molar-refractivity contribution in [1.29, 1.82) is 0 Å². The van der Waals surface area contributed by atoms with Gasteiger partial charge in [-0.2, -0.15) is 0 Å². The number of rotatable bonds is 7. The van der Waals surface area contributed by atoms with Gasteiger partial charge < -0.3 is 10.7 Å². The molecule has 4 N–H and O–H groups in total. The van der Waals surface area contributed by atoms with Gasteiger partial charge in [0, 0.05) is 13.1 Å². The zero-order valence-corrected chi connectivity index (χ0v) is 10.9. The molecule has 6 heteroatoms. The molecule has 1 amide bonds. The smallest absolute Gasteiger partial charge is 0.234 e. The zero-order chi connectivity index (χ0) is 13.4. The molecule has 1 aromatic rings. The number of nitrogens with zero attached hydrogens (tertiary/aromatic N) is 2. The van der Waals surface area contributed by atoms with Gasteiger partial charge in [0.05, 0.1) is 12.2 Å². The Hall–Kier alpha value is -1.66. The summed E-state index contributed by atoms with van der Waals surface area (Å²) in [4.78, 5) is 17.7. The zero-order valence-electron chi connectivity index (χ0n) is 10.9. The maximum atomic E-state index is 11.5. The quantitative estimate of drug-likeness (QED) is 0.480. The molecular formula is C12H21N5O. The highest BCUT2D eigenvalue weighted by Crippen LogP contribution is 2.05. The van der Waals surface area contributed by atoms with E-state index in [4.69, 9.17) is 5.84 Å². The topological polar surface area (TPSA) is 83.3 Å². The van der Waals surface area contributed by atoms with Gasteiger partial charge in [0.15, 0.2) is 0 Å². The Morgan fingerprint density at radius 2 is 2.28 bits per heavy atom. The lowest BCUT2D eigenvalue weighted by molar-refractivity contribution is -0.122. The van der Waals surface area contributed by atoms with Crippen LogP contribution in [0.25, 0.3) is 0 Å². The van der Waals surface area contributed by atoms with Gasteiger partial charge in [-0.05, 0) is 25.6 Å². The first-order valence-corrected chi connectivity index (χ1v) is 6.03. The van der Waals surface area contributed by atoms with E-state index in [0.717, 1.165) is 18.7 Å². The number of aromatic nitrogens is 1.